The number of carbonyl (C=O) groups excluding carboxylic acids is 1. The van der Waals surface area contributed by atoms with Gasteiger partial charge in [-0.3, -0.25) is 14.6 Å². The molecule has 1 aromatic carbocycles. The summed E-state index contributed by atoms with van der Waals surface area (Å²) in [5, 5.41) is 11.5. The summed E-state index contributed by atoms with van der Waals surface area (Å²) in [6.45, 7) is 0.262. The van der Waals surface area contributed by atoms with E-state index in [1.165, 1.54) is 16.8 Å². The van der Waals surface area contributed by atoms with E-state index in [0.29, 0.717) is 28.0 Å². The number of halogens is 2. The number of rotatable bonds is 7. The first-order valence-electron chi connectivity index (χ1n) is 7.90. The van der Waals surface area contributed by atoms with Crippen molar-refractivity contribution in [3.63, 3.8) is 0 Å². The van der Waals surface area contributed by atoms with Crippen LogP contribution >= 0.6 is 35.0 Å². The van der Waals surface area contributed by atoms with Crippen molar-refractivity contribution in [2.45, 2.75) is 18.2 Å². The summed E-state index contributed by atoms with van der Waals surface area (Å²) in [7, 11) is 0. The minimum atomic E-state index is -0.514. The van der Waals surface area contributed by atoms with E-state index in [4.69, 9.17) is 27.6 Å². The van der Waals surface area contributed by atoms with Crippen molar-refractivity contribution in [3.05, 3.63) is 67.2 Å². The largest absolute Gasteiger partial charge is 0.416 e. The molecule has 1 amide bonds. The zero-order valence-corrected chi connectivity index (χ0v) is 16.5. The summed E-state index contributed by atoms with van der Waals surface area (Å²) in [6.07, 6.45) is 1.69. The number of hydrogen-bond donors (Lipinski definition) is 2. The van der Waals surface area contributed by atoms with Crippen LogP contribution in [0.25, 0.3) is 0 Å². The van der Waals surface area contributed by atoms with Gasteiger partial charge < -0.3 is 14.3 Å². The third-order valence-corrected chi connectivity index (χ3v) is 4.64. The molecule has 146 valence electrons. The number of aromatic amines is 1. The average molecular weight is 442 g/mol. The van der Waals surface area contributed by atoms with Crippen LogP contribution in [-0.2, 0) is 17.8 Å². The molecular weight excluding hydrogens is 429 g/mol. The molecule has 3 aromatic rings. The zero-order chi connectivity index (χ0) is 20.1. The van der Waals surface area contributed by atoms with Gasteiger partial charge >= 0.3 is 5.69 Å². The van der Waals surface area contributed by atoms with Crippen LogP contribution in [0, 0.1) is 0 Å². The Labute approximate surface area is 172 Å². The molecule has 0 bridgehead atoms. The van der Waals surface area contributed by atoms with Gasteiger partial charge in [0, 0.05) is 41.0 Å². The Morgan fingerprint density at radius 3 is 2.68 bits per heavy atom. The lowest BCUT2D eigenvalue weighted by atomic mass is 10.3. The number of hydrogen-bond acceptors (Lipinski definition) is 7. The summed E-state index contributed by atoms with van der Waals surface area (Å²) in [5.41, 5.74) is -0.490. The molecule has 0 aliphatic heterocycles. The van der Waals surface area contributed by atoms with Crippen LogP contribution in [0.1, 0.15) is 5.89 Å². The maximum atomic E-state index is 12.0. The van der Waals surface area contributed by atoms with Gasteiger partial charge in [-0.05, 0) is 18.2 Å². The van der Waals surface area contributed by atoms with E-state index in [0.717, 1.165) is 11.8 Å². The van der Waals surface area contributed by atoms with E-state index < -0.39 is 11.2 Å². The van der Waals surface area contributed by atoms with E-state index in [-0.39, 0.29) is 23.4 Å². The lowest BCUT2D eigenvalue weighted by Gasteiger charge is -2.05. The third kappa shape index (κ3) is 5.72. The number of H-pyrrole nitrogens is 1. The number of nitrogens with zero attached hydrogens (tertiary/aromatic N) is 3. The predicted molar refractivity (Wildman–Crippen MR) is 105 cm³/mol. The van der Waals surface area contributed by atoms with Crippen molar-refractivity contribution in [3.8, 4) is 0 Å². The van der Waals surface area contributed by atoms with E-state index in [1.54, 1.807) is 18.2 Å². The van der Waals surface area contributed by atoms with E-state index >= 15 is 0 Å². The molecule has 0 saturated heterocycles. The second kappa shape index (κ2) is 9.09. The lowest BCUT2D eigenvalue weighted by molar-refractivity contribution is -0.113. The first-order valence-corrected chi connectivity index (χ1v) is 9.64. The second-order valence-corrected chi connectivity index (χ2v) is 7.31. The maximum Gasteiger partial charge on any atom is 0.328 e. The molecule has 0 spiro atoms. The Balaban J connectivity index is 1.50. The highest BCUT2D eigenvalue weighted by molar-refractivity contribution is 7.99. The van der Waals surface area contributed by atoms with Gasteiger partial charge in [-0.15, -0.1) is 10.2 Å². The van der Waals surface area contributed by atoms with Crippen LogP contribution in [0.15, 0.2) is 49.7 Å². The number of carbonyl (C=O) groups is 1. The van der Waals surface area contributed by atoms with E-state index in [1.807, 2.05) is 0 Å². The van der Waals surface area contributed by atoms with Crippen molar-refractivity contribution >= 4 is 46.6 Å². The van der Waals surface area contributed by atoms with Gasteiger partial charge in [0.05, 0.1) is 5.75 Å². The Hall–Kier alpha value is -2.56. The number of anilines is 1. The molecular formula is C16H13Cl2N5O4S. The Morgan fingerprint density at radius 1 is 1.21 bits per heavy atom. The van der Waals surface area contributed by atoms with Crippen molar-refractivity contribution in [1.29, 1.82) is 0 Å². The highest BCUT2D eigenvalue weighted by Crippen LogP contribution is 2.23. The summed E-state index contributed by atoms with van der Waals surface area (Å²) in [6, 6.07) is 5.98. The minimum Gasteiger partial charge on any atom is -0.416 e. The van der Waals surface area contributed by atoms with Gasteiger partial charge in [-0.2, -0.15) is 0 Å². The molecule has 0 aliphatic carbocycles. The van der Waals surface area contributed by atoms with E-state index in [9.17, 15) is 14.4 Å². The molecule has 0 fully saturated rings. The average Bonchev–Trinajstić information content (AvgIpc) is 3.06. The van der Waals surface area contributed by atoms with Crippen LogP contribution in [0.4, 0.5) is 5.69 Å². The Bertz CT molecular complexity index is 1090. The second-order valence-electron chi connectivity index (χ2n) is 5.51. The van der Waals surface area contributed by atoms with Crippen LogP contribution in [0.5, 0.6) is 0 Å². The van der Waals surface area contributed by atoms with Gasteiger partial charge in [-0.1, -0.05) is 35.0 Å². The minimum absolute atomic E-state index is 0.0468. The molecule has 0 unspecified atom stereocenters. The van der Waals surface area contributed by atoms with E-state index in [2.05, 4.69) is 20.5 Å². The zero-order valence-electron chi connectivity index (χ0n) is 14.1. The number of benzene rings is 1. The molecule has 28 heavy (non-hydrogen) atoms. The molecule has 12 heteroatoms. The number of aromatic nitrogens is 4. The smallest absolute Gasteiger partial charge is 0.328 e. The van der Waals surface area contributed by atoms with Crippen LogP contribution in [-0.4, -0.2) is 31.4 Å². The summed E-state index contributed by atoms with van der Waals surface area (Å²) in [5.74, 6) is 0.0658. The van der Waals surface area contributed by atoms with Gasteiger partial charge in [-0.25, -0.2) is 4.79 Å². The lowest BCUT2D eigenvalue weighted by Crippen LogP contribution is -2.29. The highest BCUT2D eigenvalue weighted by atomic mass is 35.5. The standard InChI is InChI=1S/C16H13Cl2N5O4S/c17-9-5-10(18)7-11(6-9)19-13(25)8-28-16-22-21-14(27-16)2-4-23-3-1-12(24)20-15(23)26/h1,3,5-7H,2,4,8H2,(H,19,25)(H,20,24,26). The monoisotopic (exact) mass is 441 g/mol. The molecule has 2 N–H and O–H groups in total. The molecule has 0 saturated carbocycles. The normalized spacial score (nSPS) is 10.8. The SMILES string of the molecule is O=C(CSc1nnc(CCn2ccc(=O)[nH]c2=O)o1)Nc1cc(Cl)cc(Cl)c1. The molecule has 9 nitrogen and oxygen atoms in total. The van der Waals surface area contributed by atoms with Crippen molar-refractivity contribution in [1.82, 2.24) is 19.7 Å². The molecule has 2 aromatic heterocycles. The fraction of sp³-hybridized carbons (Fsp3) is 0.188. The highest BCUT2D eigenvalue weighted by Gasteiger charge is 2.11. The van der Waals surface area contributed by atoms with Crippen LogP contribution in [0.2, 0.25) is 10.0 Å². The summed E-state index contributed by atoms with van der Waals surface area (Å²) >= 11 is 12.8. The fourth-order valence-corrected chi connectivity index (χ4v) is 3.29. The van der Waals surface area contributed by atoms with Crippen LogP contribution in [0.3, 0.4) is 0 Å². The van der Waals surface area contributed by atoms with Crippen molar-refractivity contribution < 1.29 is 9.21 Å². The Morgan fingerprint density at radius 2 is 1.96 bits per heavy atom. The molecule has 0 atom stereocenters. The number of nitrogens with one attached hydrogen (secondary N) is 2. The number of aryl methyl sites for hydroxylation is 2. The molecule has 0 radical (unpaired) electrons. The van der Waals surface area contributed by atoms with Crippen molar-refractivity contribution in [2.24, 2.45) is 0 Å². The first kappa shape index (κ1) is 20.2. The Kier molecular flexibility index (Phi) is 6.55. The third-order valence-electron chi connectivity index (χ3n) is 3.38. The summed E-state index contributed by atoms with van der Waals surface area (Å²) in [4.78, 5) is 36.8. The topological polar surface area (TPSA) is 123 Å². The van der Waals surface area contributed by atoms with Gasteiger partial charge in [0.25, 0.3) is 10.8 Å². The van der Waals surface area contributed by atoms with Gasteiger partial charge in [0.15, 0.2) is 0 Å². The van der Waals surface area contributed by atoms with Gasteiger partial charge in [0.1, 0.15) is 0 Å². The molecule has 3 rings (SSSR count). The van der Waals surface area contributed by atoms with Gasteiger partial charge in [0.2, 0.25) is 11.8 Å². The number of amides is 1. The first-order chi connectivity index (χ1) is 13.4. The fourth-order valence-electron chi connectivity index (χ4n) is 2.18. The molecule has 0 aliphatic rings. The number of thioether (sulfide) groups is 1. The predicted octanol–water partition coefficient (Wildman–Crippen LogP) is 2.20. The maximum absolute atomic E-state index is 12.0. The van der Waals surface area contributed by atoms with Crippen molar-refractivity contribution in [2.75, 3.05) is 11.1 Å². The van der Waals surface area contributed by atoms with Crippen LogP contribution < -0.4 is 16.6 Å². The quantitative estimate of drug-likeness (QED) is 0.538. The summed E-state index contributed by atoms with van der Waals surface area (Å²) < 4.78 is 6.76. The molecule has 2 heterocycles.